The van der Waals surface area contributed by atoms with Crippen LogP contribution in [0.1, 0.15) is 25.6 Å². The summed E-state index contributed by atoms with van der Waals surface area (Å²) in [4.78, 5) is 37.7. The summed E-state index contributed by atoms with van der Waals surface area (Å²) < 4.78 is 5.27. The Morgan fingerprint density at radius 2 is 2.08 bits per heavy atom. The zero-order chi connectivity index (χ0) is 17.3. The Hall–Kier alpha value is -2.49. The third kappa shape index (κ3) is 2.96. The molecule has 1 fully saturated rings. The van der Waals surface area contributed by atoms with E-state index >= 15 is 0 Å². The molecule has 2 aliphatic rings. The average molecular weight is 335 g/mol. The van der Waals surface area contributed by atoms with Crippen LogP contribution in [0.2, 0.25) is 0 Å². The van der Waals surface area contributed by atoms with Gasteiger partial charge in [-0.2, -0.15) is 4.98 Å². The summed E-state index contributed by atoms with van der Waals surface area (Å²) in [5.74, 6) is 0.658. The molecule has 10 heteroatoms. The minimum absolute atomic E-state index is 0.294. The van der Waals surface area contributed by atoms with Crippen molar-refractivity contribution in [2.24, 2.45) is 4.99 Å². The predicted molar refractivity (Wildman–Crippen MR) is 83.8 cm³/mol. The van der Waals surface area contributed by atoms with Crippen molar-refractivity contribution < 1.29 is 14.1 Å². The fourth-order valence-electron chi connectivity index (χ4n) is 2.82. The topological polar surface area (TPSA) is 107 Å². The Kier molecular flexibility index (Phi) is 4.47. The molecule has 0 spiro atoms. The number of hydrogen-bond acceptors (Lipinski definition) is 8. The number of carbonyl (C=O) groups excluding carboxylic acids is 2. The molecule has 3 rings (SSSR count). The van der Waals surface area contributed by atoms with Gasteiger partial charge in [0.1, 0.15) is 0 Å². The Labute approximate surface area is 139 Å². The molecule has 1 aromatic heterocycles. The van der Waals surface area contributed by atoms with E-state index in [9.17, 15) is 9.59 Å². The molecule has 0 radical (unpaired) electrons. The summed E-state index contributed by atoms with van der Waals surface area (Å²) in [5, 5.41) is 6.29. The summed E-state index contributed by atoms with van der Waals surface area (Å²) in [6.07, 6.45) is 1.04. The van der Waals surface area contributed by atoms with E-state index < -0.39 is 18.2 Å². The van der Waals surface area contributed by atoms with Gasteiger partial charge >= 0.3 is 6.03 Å². The molecule has 0 aromatic carbocycles. The van der Waals surface area contributed by atoms with Gasteiger partial charge in [-0.25, -0.2) is 9.79 Å². The molecule has 1 N–H and O–H groups in total. The lowest BCUT2D eigenvalue weighted by Gasteiger charge is -2.35. The van der Waals surface area contributed by atoms with Crippen LogP contribution < -0.4 is 5.32 Å². The number of aromatic nitrogens is 2. The van der Waals surface area contributed by atoms with Gasteiger partial charge in [-0.3, -0.25) is 15.0 Å². The minimum Gasteiger partial charge on any atom is -0.340 e. The largest absolute Gasteiger partial charge is 0.340 e. The maximum absolute atomic E-state index is 12.1. The Morgan fingerprint density at radius 1 is 1.33 bits per heavy atom. The summed E-state index contributed by atoms with van der Waals surface area (Å²) in [7, 11) is 1.61. The highest BCUT2D eigenvalue weighted by Gasteiger charge is 2.45. The first kappa shape index (κ1) is 16.4. The number of hydrogen-bond donors (Lipinski definition) is 1. The van der Waals surface area contributed by atoms with Crippen LogP contribution in [0.15, 0.2) is 9.52 Å². The number of aliphatic imine (C=N–C) groups is 1. The van der Waals surface area contributed by atoms with Crippen molar-refractivity contribution in [3.05, 3.63) is 11.7 Å². The molecule has 0 bridgehead atoms. The van der Waals surface area contributed by atoms with Gasteiger partial charge in [0.25, 0.3) is 5.91 Å². The highest BCUT2D eigenvalue weighted by atomic mass is 16.5. The lowest BCUT2D eigenvalue weighted by Crippen LogP contribution is -2.63. The van der Waals surface area contributed by atoms with Gasteiger partial charge < -0.3 is 14.3 Å². The number of fused-ring (bicyclic) bond motifs is 1. The Bertz CT molecular complexity index is 655. The maximum Gasteiger partial charge on any atom is 0.325 e. The van der Waals surface area contributed by atoms with Crippen molar-refractivity contribution >= 4 is 18.3 Å². The van der Waals surface area contributed by atoms with Crippen LogP contribution in [-0.2, 0) is 17.9 Å². The second-order valence-corrected chi connectivity index (χ2v) is 5.77. The van der Waals surface area contributed by atoms with E-state index in [-0.39, 0.29) is 5.91 Å². The summed E-state index contributed by atoms with van der Waals surface area (Å²) in [5.41, 5.74) is 0. The number of urea groups is 1. The van der Waals surface area contributed by atoms with E-state index in [1.165, 1.54) is 4.90 Å². The fourth-order valence-corrected chi connectivity index (χ4v) is 2.82. The van der Waals surface area contributed by atoms with Crippen LogP contribution in [0.25, 0.3) is 0 Å². The van der Waals surface area contributed by atoms with Crippen molar-refractivity contribution in [1.82, 2.24) is 30.2 Å². The van der Waals surface area contributed by atoms with Crippen LogP contribution in [-0.4, -0.2) is 75.5 Å². The normalized spacial score (nSPS) is 23.2. The number of amides is 3. The van der Waals surface area contributed by atoms with Crippen LogP contribution in [0.4, 0.5) is 4.79 Å². The SMILES string of the molecule is CCN(CC)Cc1nc(CN2C=NC3C2C(=O)NC(=O)N3C)no1. The lowest BCUT2D eigenvalue weighted by atomic mass is 10.1. The summed E-state index contributed by atoms with van der Waals surface area (Å²) in [6, 6.07) is -1.02. The molecule has 2 aliphatic heterocycles. The van der Waals surface area contributed by atoms with Gasteiger partial charge in [-0.05, 0) is 13.1 Å². The molecule has 130 valence electrons. The Balaban J connectivity index is 1.67. The van der Waals surface area contributed by atoms with Crippen molar-refractivity contribution in [3.8, 4) is 0 Å². The van der Waals surface area contributed by atoms with Crippen LogP contribution in [0.3, 0.4) is 0 Å². The first-order valence-electron chi connectivity index (χ1n) is 7.94. The van der Waals surface area contributed by atoms with Crippen molar-refractivity contribution in [2.45, 2.75) is 39.1 Å². The van der Waals surface area contributed by atoms with E-state index in [0.29, 0.717) is 24.8 Å². The van der Waals surface area contributed by atoms with E-state index in [2.05, 4.69) is 39.2 Å². The molecule has 1 aromatic rings. The van der Waals surface area contributed by atoms with Crippen LogP contribution in [0, 0.1) is 0 Å². The Morgan fingerprint density at radius 3 is 2.79 bits per heavy atom. The second-order valence-electron chi connectivity index (χ2n) is 5.77. The van der Waals surface area contributed by atoms with Gasteiger partial charge in [0.05, 0.1) is 19.4 Å². The summed E-state index contributed by atoms with van der Waals surface area (Å²) >= 11 is 0. The molecular weight excluding hydrogens is 314 g/mol. The van der Waals surface area contributed by atoms with Gasteiger partial charge in [0.15, 0.2) is 18.0 Å². The number of rotatable bonds is 6. The zero-order valence-electron chi connectivity index (χ0n) is 14.0. The molecule has 2 atom stereocenters. The summed E-state index contributed by atoms with van der Waals surface area (Å²) in [6.45, 7) is 6.83. The molecule has 0 aliphatic carbocycles. The maximum atomic E-state index is 12.1. The molecule has 3 heterocycles. The highest BCUT2D eigenvalue weighted by Crippen LogP contribution is 2.22. The van der Waals surface area contributed by atoms with Crippen molar-refractivity contribution in [1.29, 1.82) is 0 Å². The average Bonchev–Trinajstić information content (AvgIpc) is 3.18. The molecule has 10 nitrogen and oxygen atoms in total. The number of nitrogens with one attached hydrogen (secondary N) is 1. The molecule has 0 saturated carbocycles. The first-order valence-corrected chi connectivity index (χ1v) is 7.94. The molecular formula is C14H21N7O3. The zero-order valence-corrected chi connectivity index (χ0v) is 14.0. The number of imide groups is 1. The second kappa shape index (κ2) is 6.56. The molecule has 24 heavy (non-hydrogen) atoms. The van der Waals surface area contributed by atoms with Crippen LogP contribution in [0.5, 0.6) is 0 Å². The third-order valence-corrected chi connectivity index (χ3v) is 4.31. The van der Waals surface area contributed by atoms with E-state index in [4.69, 9.17) is 4.52 Å². The smallest absolute Gasteiger partial charge is 0.325 e. The van der Waals surface area contributed by atoms with E-state index in [1.54, 1.807) is 18.3 Å². The van der Waals surface area contributed by atoms with Gasteiger partial charge in [-0.15, -0.1) is 0 Å². The molecule has 2 unspecified atom stereocenters. The standard InChI is InChI=1S/C14H21N7O3/c1-4-20(5-2)7-10-16-9(18-24-10)6-21-8-15-12-11(21)13(22)17-14(23)19(12)3/h8,11-12H,4-7H2,1-3H3,(H,17,22,23). The third-order valence-electron chi connectivity index (χ3n) is 4.31. The molecule has 3 amide bonds. The molecule has 1 saturated heterocycles. The fraction of sp³-hybridized carbons (Fsp3) is 0.643. The number of nitrogens with zero attached hydrogens (tertiary/aromatic N) is 6. The van der Waals surface area contributed by atoms with Crippen molar-refractivity contribution in [3.63, 3.8) is 0 Å². The predicted octanol–water partition coefficient (Wildman–Crippen LogP) is -0.368. The highest BCUT2D eigenvalue weighted by molar-refractivity contribution is 6.01. The van der Waals surface area contributed by atoms with Gasteiger partial charge in [0.2, 0.25) is 5.89 Å². The number of carbonyl (C=O) groups is 2. The quantitative estimate of drug-likeness (QED) is 0.756. The number of likely N-dealkylation sites (N-methyl/N-ethyl adjacent to an activating group) is 1. The minimum atomic E-state index is -0.572. The van der Waals surface area contributed by atoms with Gasteiger partial charge in [-0.1, -0.05) is 19.0 Å². The van der Waals surface area contributed by atoms with E-state index in [0.717, 1.165) is 13.1 Å². The first-order chi connectivity index (χ1) is 11.5. The lowest BCUT2D eigenvalue weighted by molar-refractivity contribution is -0.127. The monoisotopic (exact) mass is 335 g/mol. The van der Waals surface area contributed by atoms with E-state index in [1.807, 2.05) is 0 Å². The van der Waals surface area contributed by atoms with Crippen LogP contribution >= 0.6 is 0 Å². The van der Waals surface area contributed by atoms with Crippen molar-refractivity contribution in [2.75, 3.05) is 20.1 Å². The van der Waals surface area contributed by atoms with Gasteiger partial charge in [0, 0.05) is 7.05 Å².